The van der Waals surface area contributed by atoms with E-state index in [1.54, 1.807) is 6.07 Å². The molecule has 4 N–H and O–H groups in total. The van der Waals surface area contributed by atoms with Gasteiger partial charge in [-0.25, -0.2) is 4.79 Å². The number of pyridine rings is 1. The highest BCUT2D eigenvalue weighted by atomic mass is 16.4. The first-order valence-corrected chi connectivity index (χ1v) is 5.21. The molecule has 0 bridgehead atoms. The molecule has 0 aliphatic rings. The quantitative estimate of drug-likeness (QED) is 0.612. The summed E-state index contributed by atoms with van der Waals surface area (Å²) in [5, 5.41) is 28.1. The van der Waals surface area contributed by atoms with Crippen molar-refractivity contribution in [2.24, 2.45) is 0 Å². The van der Waals surface area contributed by atoms with E-state index in [0.29, 0.717) is 10.9 Å². The normalized spacial score (nSPS) is 14.3. The van der Waals surface area contributed by atoms with E-state index in [1.165, 1.54) is 24.4 Å². The van der Waals surface area contributed by atoms with Gasteiger partial charge in [0.2, 0.25) is 0 Å². The highest BCUT2D eigenvalue weighted by Gasteiger charge is 2.26. The maximum absolute atomic E-state index is 11.6. The molecular weight excluding hydrogens is 238 g/mol. The first-order chi connectivity index (χ1) is 8.52. The number of hydrogen-bond donors (Lipinski definition) is 4. The van der Waals surface area contributed by atoms with E-state index in [9.17, 15) is 19.8 Å². The Hall–Kier alpha value is -2.18. The first kappa shape index (κ1) is 12.3. The van der Waals surface area contributed by atoms with Crippen molar-refractivity contribution in [3.63, 3.8) is 0 Å². The number of rotatable bonds is 3. The van der Waals surface area contributed by atoms with Crippen LogP contribution in [-0.2, 0) is 4.79 Å². The van der Waals surface area contributed by atoms with Crippen LogP contribution in [0.25, 0.3) is 10.9 Å². The number of carboxylic acid groups (broad SMARTS) is 1. The summed E-state index contributed by atoms with van der Waals surface area (Å²) in [7, 11) is 0. The summed E-state index contributed by atoms with van der Waals surface area (Å²) in [4.78, 5) is 25.0. The number of carboxylic acids is 1. The number of aliphatic hydroxyl groups excluding tert-OH is 2. The number of H-pyrrole nitrogens is 1. The van der Waals surface area contributed by atoms with E-state index in [2.05, 4.69) is 4.98 Å². The fourth-order valence-electron chi connectivity index (χ4n) is 1.78. The Morgan fingerprint density at radius 3 is 2.61 bits per heavy atom. The lowest BCUT2D eigenvalue weighted by Crippen LogP contribution is -2.27. The van der Waals surface area contributed by atoms with E-state index in [1.807, 2.05) is 0 Å². The minimum absolute atomic E-state index is 0.167. The van der Waals surface area contributed by atoms with Crippen molar-refractivity contribution < 1.29 is 20.1 Å². The van der Waals surface area contributed by atoms with Crippen LogP contribution < -0.4 is 5.43 Å². The van der Waals surface area contributed by atoms with Crippen molar-refractivity contribution >= 4 is 16.9 Å². The average molecular weight is 249 g/mol. The molecule has 6 nitrogen and oxygen atoms in total. The van der Waals surface area contributed by atoms with Crippen LogP contribution >= 0.6 is 0 Å². The van der Waals surface area contributed by atoms with Gasteiger partial charge in [0, 0.05) is 23.2 Å². The van der Waals surface area contributed by atoms with Crippen LogP contribution in [-0.4, -0.2) is 32.4 Å². The summed E-state index contributed by atoms with van der Waals surface area (Å²) in [6.07, 6.45) is -2.16. The topological polar surface area (TPSA) is 111 Å². The van der Waals surface area contributed by atoms with E-state index in [-0.39, 0.29) is 11.0 Å². The Labute approximate surface area is 101 Å². The van der Waals surface area contributed by atoms with Crippen LogP contribution in [0.3, 0.4) is 0 Å². The van der Waals surface area contributed by atoms with Gasteiger partial charge < -0.3 is 20.3 Å². The Bertz CT molecular complexity index is 648. The molecule has 0 fully saturated rings. The van der Waals surface area contributed by atoms with Gasteiger partial charge in [0.05, 0.1) is 5.52 Å². The molecule has 2 rings (SSSR count). The predicted octanol–water partition coefficient (Wildman–Crippen LogP) is 0.00700. The molecule has 1 aromatic heterocycles. The Kier molecular flexibility index (Phi) is 3.14. The third-order valence-corrected chi connectivity index (χ3v) is 2.70. The molecular formula is C12H11NO5. The molecule has 0 spiro atoms. The highest BCUT2D eigenvalue weighted by Crippen LogP contribution is 2.23. The van der Waals surface area contributed by atoms with Crippen molar-refractivity contribution in [3.8, 4) is 0 Å². The summed E-state index contributed by atoms with van der Waals surface area (Å²) in [5.41, 5.74) is 0.237. The van der Waals surface area contributed by atoms with Crippen molar-refractivity contribution in [1.82, 2.24) is 4.98 Å². The zero-order chi connectivity index (χ0) is 13.3. The number of aromatic amines is 1. The number of para-hydroxylation sites is 1. The van der Waals surface area contributed by atoms with Gasteiger partial charge in [0.15, 0.2) is 11.5 Å². The van der Waals surface area contributed by atoms with Gasteiger partial charge in [-0.2, -0.15) is 0 Å². The molecule has 0 saturated heterocycles. The predicted molar refractivity (Wildman–Crippen MR) is 63.2 cm³/mol. The number of benzene rings is 1. The van der Waals surface area contributed by atoms with Gasteiger partial charge in [0.1, 0.15) is 6.10 Å². The Morgan fingerprint density at radius 1 is 1.22 bits per heavy atom. The summed E-state index contributed by atoms with van der Waals surface area (Å²) >= 11 is 0. The summed E-state index contributed by atoms with van der Waals surface area (Å²) in [5.74, 6) is -1.53. The molecule has 2 aromatic rings. The van der Waals surface area contributed by atoms with Crippen LogP contribution in [0.15, 0.2) is 35.3 Å². The second-order valence-corrected chi connectivity index (χ2v) is 3.84. The Morgan fingerprint density at radius 2 is 1.94 bits per heavy atom. The van der Waals surface area contributed by atoms with Crippen LogP contribution in [0.2, 0.25) is 0 Å². The number of aromatic nitrogens is 1. The highest BCUT2D eigenvalue weighted by molar-refractivity contribution is 5.83. The standard InChI is InChI=1S/C12H11NO5/c14-8-4-5-13-9-6(8)2-1-3-7(9)10(15)11(16)12(17)18/h1-5,10-11,15-16H,(H,13,14)(H,17,18). The molecule has 2 unspecified atom stereocenters. The van der Waals surface area contributed by atoms with Gasteiger partial charge in [-0.3, -0.25) is 4.79 Å². The summed E-state index contributed by atoms with van der Waals surface area (Å²) in [6.45, 7) is 0. The van der Waals surface area contributed by atoms with Gasteiger partial charge in [-0.15, -0.1) is 0 Å². The molecule has 6 heteroatoms. The van der Waals surface area contributed by atoms with Gasteiger partial charge >= 0.3 is 5.97 Å². The average Bonchev–Trinajstić information content (AvgIpc) is 2.37. The number of hydrogen-bond acceptors (Lipinski definition) is 4. The molecule has 0 amide bonds. The number of aliphatic carboxylic acids is 1. The van der Waals surface area contributed by atoms with Crippen molar-refractivity contribution in [2.45, 2.75) is 12.2 Å². The molecule has 0 radical (unpaired) electrons. The largest absolute Gasteiger partial charge is 0.479 e. The maximum Gasteiger partial charge on any atom is 0.335 e. The lowest BCUT2D eigenvalue weighted by atomic mass is 10.0. The number of nitrogens with one attached hydrogen (secondary N) is 1. The molecule has 0 aliphatic carbocycles. The van der Waals surface area contributed by atoms with Crippen LogP contribution in [0.5, 0.6) is 0 Å². The first-order valence-electron chi connectivity index (χ1n) is 5.21. The molecule has 1 aromatic carbocycles. The SMILES string of the molecule is O=C(O)C(O)C(O)c1cccc2c(=O)cc[nH]c12. The smallest absolute Gasteiger partial charge is 0.335 e. The van der Waals surface area contributed by atoms with Crippen molar-refractivity contribution in [2.75, 3.05) is 0 Å². The van der Waals surface area contributed by atoms with Crippen LogP contribution in [0.1, 0.15) is 11.7 Å². The lowest BCUT2D eigenvalue weighted by Gasteiger charge is -2.15. The summed E-state index contributed by atoms with van der Waals surface area (Å²) < 4.78 is 0. The fourth-order valence-corrected chi connectivity index (χ4v) is 1.78. The molecule has 1 heterocycles. The van der Waals surface area contributed by atoms with E-state index in [4.69, 9.17) is 5.11 Å². The second kappa shape index (κ2) is 4.59. The monoisotopic (exact) mass is 249 g/mol. The van der Waals surface area contributed by atoms with Crippen LogP contribution in [0.4, 0.5) is 0 Å². The minimum Gasteiger partial charge on any atom is -0.479 e. The number of carbonyl (C=O) groups is 1. The van der Waals surface area contributed by atoms with Crippen molar-refractivity contribution in [3.05, 3.63) is 46.2 Å². The molecule has 0 aliphatic heterocycles. The van der Waals surface area contributed by atoms with E-state index >= 15 is 0 Å². The van der Waals surface area contributed by atoms with Gasteiger partial charge in [-0.1, -0.05) is 12.1 Å². The molecule has 18 heavy (non-hydrogen) atoms. The third kappa shape index (κ3) is 1.99. The zero-order valence-corrected chi connectivity index (χ0v) is 9.20. The third-order valence-electron chi connectivity index (χ3n) is 2.70. The van der Waals surface area contributed by atoms with E-state index < -0.39 is 18.2 Å². The zero-order valence-electron chi connectivity index (χ0n) is 9.20. The lowest BCUT2D eigenvalue weighted by molar-refractivity contribution is -0.153. The van der Waals surface area contributed by atoms with E-state index in [0.717, 1.165) is 0 Å². The van der Waals surface area contributed by atoms with Gasteiger partial charge in [-0.05, 0) is 6.07 Å². The molecule has 0 saturated carbocycles. The van der Waals surface area contributed by atoms with Crippen LogP contribution in [0, 0.1) is 0 Å². The number of fused-ring (bicyclic) bond motifs is 1. The molecule has 94 valence electrons. The Balaban J connectivity index is 2.62. The number of aliphatic hydroxyl groups is 2. The fraction of sp³-hybridized carbons (Fsp3) is 0.167. The van der Waals surface area contributed by atoms with Gasteiger partial charge in [0.25, 0.3) is 0 Å². The minimum atomic E-state index is -1.95. The maximum atomic E-state index is 11.6. The molecule has 2 atom stereocenters. The summed E-state index contributed by atoms with van der Waals surface area (Å²) in [6, 6.07) is 5.85. The second-order valence-electron chi connectivity index (χ2n) is 3.84. The van der Waals surface area contributed by atoms with Crippen molar-refractivity contribution in [1.29, 1.82) is 0 Å².